The lowest BCUT2D eigenvalue weighted by atomic mass is 10.1. The van der Waals surface area contributed by atoms with E-state index in [4.69, 9.17) is 0 Å². The summed E-state index contributed by atoms with van der Waals surface area (Å²) in [6.07, 6.45) is 3.05. The molecule has 1 fully saturated rings. The number of fused-ring (bicyclic) bond motifs is 1. The third-order valence-corrected chi connectivity index (χ3v) is 5.51. The molecule has 3 heterocycles. The lowest BCUT2D eigenvalue weighted by Gasteiger charge is -2.37. The molecular weight excluding hydrogens is 304 g/mol. The predicted molar refractivity (Wildman–Crippen MR) is 83.4 cm³/mol. The van der Waals surface area contributed by atoms with Gasteiger partial charge in [-0.25, -0.2) is 12.7 Å². The molecule has 1 unspecified atom stereocenters. The predicted octanol–water partition coefficient (Wildman–Crippen LogP) is 0.293. The average Bonchev–Trinajstić information content (AvgIpc) is 2.87. The van der Waals surface area contributed by atoms with Gasteiger partial charge in [0, 0.05) is 26.2 Å². The standard InChI is InChI=1S/C13H20N6O2S/c1-10-14-15-12-6-7-13(16-19(10)12)18-8-4-5-11(9-18)17(2)22(3,20)21/h6-7,11H,4-5,8-9H2,1-3H3. The first kappa shape index (κ1) is 15.2. The van der Waals surface area contributed by atoms with Crippen molar-refractivity contribution < 1.29 is 8.42 Å². The first-order chi connectivity index (χ1) is 10.4. The maximum atomic E-state index is 11.7. The van der Waals surface area contributed by atoms with Gasteiger partial charge < -0.3 is 4.90 Å². The fraction of sp³-hybridized carbons (Fsp3) is 0.615. The van der Waals surface area contributed by atoms with Crippen LogP contribution in [0.25, 0.3) is 5.65 Å². The second-order valence-corrected chi connectivity index (χ2v) is 7.77. The number of likely N-dealkylation sites (N-methyl/N-ethyl adjacent to an activating group) is 1. The van der Waals surface area contributed by atoms with Crippen molar-refractivity contribution in [2.45, 2.75) is 25.8 Å². The second kappa shape index (κ2) is 5.47. The molecule has 0 amide bonds. The maximum Gasteiger partial charge on any atom is 0.211 e. The van der Waals surface area contributed by atoms with Crippen LogP contribution in [0.2, 0.25) is 0 Å². The van der Waals surface area contributed by atoms with Gasteiger partial charge in [-0.3, -0.25) is 0 Å². The smallest absolute Gasteiger partial charge is 0.211 e. The van der Waals surface area contributed by atoms with Crippen molar-refractivity contribution in [3.8, 4) is 0 Å². The largest absolute Gasteiger partial charge is 0.354 e. The lowest BCUT2D eigenvalue weighted by Crippen LogP contribution is -2.48. The van der Waals surface area contributed by atoms with Crippen molar-refractivity contribution in [1.82, 2.24) is 24.1 Å². The molecule has 22 heavy (non-hydrogen) atoms. The molecule has 0 aromatic carbocycles. The summed E-state index contributed by atoms with van der Waals surface area (Å²) in [5.41, 5.74) is 0.711. The Morgan fingerprint density at radius 2 is 2.09 bits per heavy atom. The van der Waals surface area contributed by atoms with Crippen molar-refractivity contribution in [2.24, 2.45) is 0 Å². The Morgan fingerprint density at radius 1 is 1.32 bits per heavy atom. The minimum atomic E-state index is -3.18. The van der Waals surface area contributed by atoms with Crippen molar-refractivity contribution in [1.29, 1.82) is 0 Å². The second-order valence-electron chi connectivity index (χ2n) is 5.73. The van der Waals surface area contributed by atoms with E-state index in [1.165, 1.54) is 10.6 Å². The summed E-state index contributed by atoms with van der Waals surface area (Å²) < 4.78 is 26.6. The van der Waals surface area contributed by atoms with E-state index in [0.717, 1.165) is 31.0 Å². The number of rotatable bonds is 3. The number of aromatic nitrogens is 4. The molecule has 1 aliphatic heterocycles. The van der Waals surface area contributed by atoms with Crippen molar-refractivity contribution in [2.75, 3.05) is 31.3 Å². The minimum Gasteiger partial charge on any atom is -0.354 e. The zero-order chi connectivity index (χ0) is 15.9. The molecule has 120 valence electrons. The lowest BCUT2D eigenvalue weighted by molar-refractivity contribution is 0.321. The molecule has 1 atom stereocenters. The van der Waals surface area contributed by atoms with Crippen LogP contribution in [-0.2, 0) is 10.0 Å². The van der Waals surface area contributed by atoms with Crippen molar-refractivity contribution in [3.05, 3.63) is 18.0 Å². The normalized spacial score (nSPS) is 20.0. The van der Waals surface area contributed by atoms with E-state index in [1.54, 1.807) is 11.6 Å². The SMILES string of the molecule is Cc1nnc2ccc(N3CCCC(N(C)S(C)(=O)=O)C3)nn12. The topological polar surface area (TPSA) is 83.7 Å². The molecule has 2 aromatic rings. The van der Waals surface area contributed by atoms with Gasteiger partial charge >= 0.3 is 0 Å². The third kappa shape index (κ3) is 2.78. The summed E-state index contributed by atoms with van der Waals surface area (Å²) in [6, 6.07) is 3.77. The summed E-state index contributed by atoms with van der Waals surface area (Å²) in [5.74, 6) is 1.56. The molecule has 8 nitrogen and oxygen atoms in total. The van der Waals surface area contributed by atoms with Crippen LogP contribution in [0.4, 0.5) is 5.82 Å². The van der Waals surface area contributed by atoms with E-state index in [2.05, 4.69) is 20.2 Å². The van der Waals surface area contributed by atoms with Gasteiger partial charge in [0.1, 0.15) is 5.82 Å². The Morgan fingerprint density at radius 3 is 2.82 bits per heavy atom. The zero-order valence-electron chi connectivity index (χ0n) is 13.0. The molecule has 2 aromatic heterocycles. The molecule has 1 aliphatic rings. The summed E-state index contributed by atoms with van der Waals surface area (Å²) in [6.45, 7) is 3.37. The van der Waals surface area contributed by atoms with Crippen LogP contribution in [0, 0.1) is 6.92 Å². The van der Waals surface area contributed by atoms with Gasteiger partial charge in [0.2, 0.25) is 10.0 Å². The average molecular weight is 324 g/mol. The van der Waals surface area contributed by atoms with E-state index in [9.17, 15) is 8.42 Å². The van der Waals surface area contributed by atoms with Crippen LogP contribution in [-0.4, -0.2) is 65.0 Å². The fourth-order valence-corrected chi connectivity index (χ4v) is 3.50. The molecule has 0 saturated carbocycles. The number of hydrogen-bond donors (Lipinski definition) is 0. The van der Waals surface area contributed by atoms with E-state index in [-0.39, 0.29) is 6.04 Å². The van der Waals surface area contributed by atoms with Gasteiger partial charge in [-0.2, -0.15) is 4.52 Å². The number of nitrogens with zero attached hydrogens (tertiary/aromatic N) is 6. The molecule has 3 rings (SSSR count). The zero-order valence-corrected chi connectivity index (χ0v) is 13.8. The Kier molecular flexibility index (Phi) is 3.77. The highest BCUT2D eigenvalue weighted by Gasteiger charge is 2.28. The van der Waals surface area contributed by atoms with Crippen molar-refractivity contribution in [3.63, 3.8) is 0 Å². The van der Waals surface area contributed by atoms with Gasteiger partial charge in [-0.05, 0) is 31.9 Å². The van der Waals surface area contributed by atoms with E-state index >= 15 is 0 Å². The van der Waals surface area contributed by atoms with Crippen LogP contribution >= 0.6 is 0 Å². The highest BCUT2D eigenvalue weighted by molar-refractivity contribution is 7.88. The number of sulfonamides is 1. The van der Waals surface area contributed by atoms with E-state index in [1.807, 2.05) is 19.1 Å². The Labute approximate surface area is 129 Å². The Balaban J connectivity index is 1.85. The maximum absolute atomic E-state index is 11.7. The van der Waals surface area contributed by atoms with E-state index in [0.29, 0.717) is 12.2 Å². The van der Waals surface area contributed by atoms with Gasteiger partial charge in [0.25, 0.3) is 0 Å². The number of hydrogen-bond acceptors (Lipinski definition) is 6. The van der Waals surface area contributed by atoms with Crippen LogP contribution in [0.1, 0.15) is 18.7 Å². The van der Waals surface area contributed by atoms with Crippen LogP contribution < -0.4 is 4.90 Å². The monoisotopic (exact) mass is 324 g/mol. The quantitative estimate of drug-likeness (QED) is 0.807. The van der Waals surface area contributed by atoms with Gasteiger partial charge in [-0.15, -0.1) is 15.3 Å². The molecule has 0 radical (unpaired) electrons. The summed E-state index contributed by atoms with van der Waals surface area (Å²) in [4.78, 5) is 2.12. The number of anilines is 1. The molecule has 0 N–H and O–H groups in total. The first-order valence-electron chi connectivity index (χ1n) is 7.23. The van der Waals surface area contributed by atoms with E-state index < -0.39 is 10.0 Å². The summed E-state index contributed by atoms with van der Waals surface area (Å²) in [5, 5.41) is 12.6. The molecule has 0 aliphatic carbocycles. The van der Waals surface area contributed by atoms with Crippen LogP contribution in [0.3, 0.4) is 0 Å². The van der Waals surface area contributed by atoms with Crippen LogP contribution in [0.5, 0.6) is 0 Å². The number of piperidine rings is 1. The Hall–Kier alpha value is -1.74. The molecular formula is C13H20N6O2S. The molecule has 0 spiro atoms. The van der Waals surface area contributed by atoms with Gasteiger partial charge in [0.05, 0.1) is 6.26 Å². The molecule has 1 saturated heterocycles. The third-order valence-electron chi connectivity index (χ3n) is 4.16. The minimum absolute atomic E-state index is 0.0248. The molecule has 9 heteroatoms. The Bertz CT molecular complexity index is 787. The van der Waals surface area contributed by atoms with Crippen LogP contribution in [0.15, 0.2) is 12.1 Å². The summed E-state index contributed by atoms with van der Waals surface area (Å²) in [7, 11) is -1.54. The highest BCUT2D eigenvalue weighted by atomic mass is 32.2. The van der Waals surface area contributed by atoms with Crippen molar-refractivity contribution >= 4 is 21.5 Å². The fourth-order valence-electron chi connectivity index (χ4n) is 2.79. The van der Waals surface area contributed by atoms with Gasteiger partial charge in [0.15, 0.2) is 11.5 Å². The number of aryl methyl sites for hydroxylation is 1. The highest BCUT2D eigenvalue weighted by Crippen LogP contribution is 2.21. The van der Waals surface area contributed by atoms with Gasteiger partial charge in [-0.1, -0.05) is 0 Å². The molecule has 0 bridgehead atoms. The first-order valence-corrected chi connectivity index (χ1v) is 9.08. The summed E-state index contributed by atoms with van der Waals surface area (Å²) >= 11 is 0.